The number of nitrogens with one attached hydrogen (secondary N) is 1. The standard InChI is InChI=1S/C25H31N5O3/c1-16-15-21(29-30(16)22-9-5-6-14-33-22)27-24-19-7-3-4-8-20(19)26-23(28-24)17-10-12-18(13-11-17)25(31)32-2/h3-4,7-8,15,17-18,22H,5-6,9-14H2,1-2H3,(H,26,27,28,29). The molecule has 0 radical (unpaired) electrons. The van der Waals surface area contributed by atoms with E-state index >= 15 is 0 Å². The molecule has 1 unspecified atom stereocenters. The Morgan fingerprint density at radius 3 is 2.70 bits per heavy atom. The van der Waals surface area contributed by atoms with Gasteiger partial charge in [0, 0.05) is 29.7 Å². The number of hydrogen-bond donors (Lipinski definition) is 1. The highest BCUT2D eigenvalue weighted by Crippen LogP contribution is 2.36. The van der Waals surface area contributed by atoms with E-state index in [1.54, 1.807) is 0 Å². The summed E-state index contributed by atoms with van der Waals surface area (Å²) in [7, 11) is 1.46. The molecule has 2 aromatic heterocycles. The highest BCUT2D eigenvalue weighted by Gasteiger charge is 2.29. The van der Waals surface area contributed by atoms with Gasteiger partial charge in [-0.15, -0.1) is 0 Å². The van der Waals surface area contributed by atoms with Crippen LogP contribution >= 0.6 is 0 Å². The zero-order chi connectivity index (χ0) is 22.8. The van der Waals surface area contributed by atoms with Gasteiger partial charge in [-0.3, -0.25) is 4.79 Å². The quantitative estimate of drug-likeness (QED) is 0.547. The number of esters is 1. The highest BCUT2D eigenvalue weighted by atomic mass is 16.5. The van der Waals surface area contributed by atoms with Crippen LogP contribution in [0.5, 0.6) is 0 Å². The average Bonchev–Trinajstić information content (AvgIpc) is 3.24. The van der Waals surface area contributed by atoms with Gasteiger partial charge in [-0.2, -0.15) is 5.10 Å². The Balaban J connectivity index is 1.41. The van der Waals surface area contributed by atoms with Crippen LogP contribution in [0.1, 0.15) is 68.6 Å². The van der Waals surface area contributed by atoms with Crippen molar-refractivity contribution in [2.75, 3.05) is 19.0 Å². The number of benzene rings is 1. The van der Waals surface area contributed by atoms with Crippen molar-refractivity contribution in [1.29, 1.82) is 0 Å². The fraction of sp³-hybridized carbons (Fsp3) is 0.520. The number of hydrogen-bond acceptors (Lipinski definition) is 7. The van der Waals surface area contributed by atoms with Crippen LogP contribution in [0.2, 0.25) is 0 Å². The van der Waals surface area contributed by atoms with Crippen molar-refractivity contribution >= 4 is 28.5 Å². The fourth-order valence-corrected chi connectivity index (χ4v) is 5.00. The van der Waals surface area contributed by atoms with E-state index in [0.717, 1.165) is 85.6 Å². The molecule has 8 nitrogen and oxygen atoms in total. The third-order valence-electron chi connectivity index (χ3n) is 6.84. The van der Waals surface area contributed by atoms with E-state index in [2.05, 4.69) is 12.2 Å². The van der Waals surface area contributed by atoms with E-state index in [-0.39, 0.29) is 24.0 Å². The summed E-state index contributed by atoms with van der Waals surface area (Å²) in [4.78, 5) is 21.7. The maximum atomic E-state index is 11.9. The summed E-state index contributed by atoms with van der Waals surface area (Å²) in [6.07, 6.45) is 6.62. The number of carbonyl (C=O) groups excluding carboxylic acids is 1. The predicted molar refractivity (Wildman–Crippen MR) is 125 cm³/mol. The molecule has 1 aliphatic heterocycles. The normalized spacial score (nSPS) is 23.4. The minimum atomic E-state index is -0.108. The lowest BCUT2D eigenvalue weighted by Gasteiger charge is -2.26. The molecule has 1 aromatic carbocycles. The summed E-state index contributed by atoms with van der Waals surface area (Å²) in [6, 6.07) is 10.1. The van der Waals surface area contributed by atoms with Gasteiger partial charge in [0.05, 0.1) is 18.5 Å². The van der Waals surface area contributed by atoms with Crippen molar-refractivity contribution in [2.45, 2.75) is 64.0 Å². The summed E-state index contributed by atoms with van der Waals surface area (Å²) in [5, 5.41) is 9.20. The third-order valence-corrected chi connectivity index (χ3v) is 6.84. The maximum Gasteiger partial charge on any atom is 0.308 e. The van der Waals surface area contributed by atoms with Crippen LogP contribution in [0.3, 0.4) is 0 Å². The number of rotatable bonds is 5. The number of nitrogens with zero attached hydrogens (tertiary/aromatic N) is 4. The van der Waals surface area contributed by atoms with Crippen LogP contribution in [0.15, 0.2) is 30.3 Å². The van der Waals surface area contributed by atoms with Crippen molar-refractivity contribution in [1.82, 2.24) is 19.7 Å². The number of carbonyl (C=O) groups is 1. The molecule has 8 heteroatoms. The molecule has 3 heterocycles. The Bertz CT molecular complexity index is 1130. The lowest BCUT2D eigenvalue weighted by atomic mass is 9.81. The van der Waals surface area contributed by atoms with Gasteiger partial charge in [-0.25, -0.2) is 14.6 Å². The Morgan fingerprint density at radius 2 is 1.94 bits per heavy atom. The number of ether oxygens (including phenoxy) is 2. The summed E-state index contributed by atoms with van der Waals surface area (Å²) in [6.45, 7) is 2.84. The first-order chi connectivity index (χ1) is 16.1. The zero-order valence-electron chi connectivity index (χ0n) is 19.3. The molecular weight excluding hydrogens is 418 g/mol. The van der Waals surface area contributed by atoms with Crippen LogP contribution in [0.25, 0.3) is 10.9 Å². The molecule has 33 heavy (non-hydrogen) atoms. The Hall–Kier alpha value is -3.00. The fourth-order valence-electron chi connectivity index (χ4n) is 5.00. The lowest BCUT2D eigenvalue weighted by Crippen LogP contribution is -2.23. The Kier molecular flexibility index (Phi) is 6.26. The summed E-state index contributed by atoms with van der Waals surface area (Å²) < 4.78 is 12.8. The molecule has 1 saturated carbocycles. The summed E-state index contributed by atoms with van der Waals surface area (Å²) in [5.41, 5.74) is 1.97. The second-order valence-corrected chi connectivity index (χ2v) is 9.08. The Labute approximate surface area is 193 Å². The van der Waals surface area contributed by atoms with Gasteiger partial charge < -0.3 is 14.8 Å². The van der Waals surface area contributed by atoms with Crippen LogP contribution < -0.4 is 5.32 Å². The number of aryl methyl sites for hydroxylation is 1. The zero-order valence-corrected chi connectivity index (χ0v) is 19.3. The summed E-state index contributed by atoms with van der Waals surface area (Å²) >= 11 is 0. The van der Waals surface area contributed by atoms with Crippen LogP contribution in [-0.4, -0.2) is 39.4 Å². The molecule has 5 rings (SSSR count). The number of para-hydroxylation sites is 1. The molecular formula is C25H31N5O3. The second-order valence-electron chi connectivity index (χ2n) is 9.08. The van der Waals surface area contributed by atoms with E-state index < -0.39 is 0 Å². The smallest absolute Gasteiger partial charge is 0.308 e. The van der Waals surface area contributed by atoms with E-state index in [4.69, 9.17) is 24.5 Å². The second kappa shape index (κ2) is 9.47. The van der Waals surface area contributed by atoms with Crippen LogP contribution in [-0.2, 0) is 14.3 Å². The monoisotopic (exact) mass is 449 g/mol. The number of anilines is 2. The number of aromatic nitrogens is 4. The number of methoxy groups -OCH3 is 1. The van der Waals surface area contributed by atoms with E-state index in [0.29, 0.717) is 0 Å². The molecule has 2 aliphatic rings. The van der Waals surface area contributed by atoms with Gasteiger partial charge in [-0.1, -0.05) is 12.1 Å². The molecule has 1 aliphatic carbocycles. The minimum Gasteiger partial charge on any atom is -0.469 e. The molecule has 0 amide bonds. The van der Waals surface area contributed by atoms with E-state index in [9.17, 15) is 4.79 Å². The minimum absolute atomic E-state index is 0.00278. The molecule has 174 valence electrons. The molecule has 1 N–H and O–H groups in total. The van der Waals surface area contributed by atoms with Gasteiger partial charge in [0.15, 0.2) is 12.0 Å². The van der Waals surface area contributed by atoms with Gasteiger partial charge in [0.1, 0.15) is 11.6 Å². The molecule has 1 saturated heterocycles. The topological polar surface area (TPSA) is 91.2 Å². The first-order valence-electron chi connectivity index (χ1n) is 11.9. The lowest BCUT2D eigenvalue weighted by molar-refractivity contribution is -0.146. The maximum absolute atomic E-state index is 11.9. The van der Waals surface area contributed by atoms with E-state index in [1.165, 1.54) is 7.11 Å². The summed E-state index contributed by atoms with van der Waals surface area (Å²) in [5.74, 6) is 2.45. The van der Waals surface area contributed by atoms with Crippen LogP contribution in [0, 0.1) is 12.8 Å². The SMILES string of the molecule is COC(=O)C1CCC(c2nc(Nc3cc(C)n(C4CCCCO4)n3)c3ccccc3n2)CC1. The molecule has 0 spiro atoms. The van der Waals surface area contributed by atoms with Crippen molar-refractivity contribution < 1.29 is 14.3 Å². The van der Waals surface area contributed by atoms with Crippen molar-refractivity contribution in [3.8, 4) is 0 Å². The molecule has 3 aromatic rings. The van der Waals surface area contributed by atoms with Crippen molar-refractivity contribution in [3.05, 3.63) is 41.9 Å². The van der Waals surface area contributed by atoms with Gasteiger partial charge >= 0.3 is 5.97 Å². The highest BCUT2D eigenvalue weighted by molar-refractivity contribution is 5.90. The van der Waals surface area contributed by atoms with E-state index in [1.807, 2.05) is 35.0 Å². The predicted octanol–water partition coefficient (Wildman–Crippen LogP) is 5.02. The number of fused-ring (bicyclic) bond motifs is 1. The van der Waals surface area contributed by atoms with Gasteiger partial charge in [-0.05, 0) is 64.0 Å². The largest absolute Gasteiger partial charge is 0.469 e. The van der Waals surface area contributed by atoms with Gasteiger partial charge in [0.25, 0.3) is 0 Å². The third kappa shape index (κ3) is 4.57. The Morgan fingerprint density at radius 1 is 1.12 bits per heavy atom. The average molecular weight is 450 g/mol. The first-order valence-corrected chi connectivity index (χ1v) is 11.9. The van der Waals surface area contributed by atoms with Gasteiger partial charge in [0.2, 0.25) is 0 Å². The van der Waals surface area contributed by atoms with Crippen LogP contribution in [0.4, 0.5) is 11.6 Å². The van der Waals surface area contributed by atoms with Crippen molar-refractivity contribution in [3.63, 3.8) is 0 Å². The molecule has 2 fully saturated rings. The first kappa shape index (κ1) is 21.8. The molecule has 0 bridgehead atoms. The van der Waals surface area contributed by atoms with Crippen molar-refractivity contribution in [2.24, 2.45) is 5.92 Å². The molecule has 1 atom stereocenters.